The standard InChI is InChI=1S/C12H14FNO5S/c1-18-12(7-2-8-14-12)11(15)19-20(16,17)10-5-3-9(13)4-6-10/h3-6,14H,2,7-8H2,1H3. The molecule has 0 saturated carbocycles. The first-order valence-corrected chi connectivity index (χ1v) is 7.35. The molecule has 1 atom stereocenters. The highest BCUT2D eigenvalue weighted by molar-refractivity contribution is 7.87. The zero-order valence-corrected chi connectivity index (χ0v) is 11.6. The minimum absolute atomic E-state index is 0.295. The van der Waals surface area contributed by atoms with Crippen LogP contribution in [0.3, 0.4) is 0 Å². The monoisotopic (exact) mass is 303 g/mol. The summed E-state index contributed by atoms with van der Waals surface area (Å²) in [6.45, 7) is 0.527. The zero-order valence-electron chi connectivity index (χ0n) is 10.8. The lowest BCUT2D eigenvalue weighted by molar-refractivity contribution is -0.160. The Morgan fingerprint density at radius 2 is 2.00 bits per heavy atom. The van der Waals surface area contributed by atoms with E-state index in [9.17, 15) is 17.6 Å². The van der Waals surface area contributed by atoms with Gasteiger partial charge in [-0.25, -0.2) is 9.18 Å². The average Bonchev–Trinajstić information content (AvgIpc) is 2.88. The summed E-state index contributed by atoms with van der Waals surface area (Å²) < 4.78 is 46.2. The molecule has 1 heterocycles. The molecule has 20 heavy (non-hydrogen) atoms. The Morgan fingerprint density at radius 1 is 1.35 bits per heavy atom. The molecular formula is C12H14FNO5S. The molecule has 1 N–H and O–H groups in total. The molecule has 1 aromatic carbocycles. The number of carbonyl (C=O) groups is 1. The molecule has 0 bridgehead atoms. The molecule has 1 saturated heterocycles. The summed E-state index contributed by atoms with van der Waals surface area (Å²) in [7, 11) is -3.00. The van der Waals surface area contributed by atoms with E-state index < -0.39 is 27.6 Å². The second-order valence-electron chi connectivity index (χ2n) is 4.34. The predicted molar refractivity (Wildman–Crippen MR) is 66.7 cm³/mol. The first kappa shape index (κ1) is 14.9. The van der Waals surface area contributed by atoms with Crippen molar-refractivity contribution >= 4 is 16.1 Å². The van der Waals surface area contributed by atoms with Gasteiger partial charge < -0.3 is 8.92 Å². The van der Waals surface area contributed by atoms with E-state index in [2.05, 4.69) is 9.50 Å². The molecule has 8 heteroatoms. The van der Waals surface area contributed by atoms with E-state index in [0.717, 1.165) is 24.3 Å². The van der Waals surface area contributed by atoms with Crippen molar-refractivity contribution in [2.45, 2.75) is 23.5 Å². The zero-order chi connectivity index (χ0) is 14.8. The highest BCUT2D eigenvalue weighted by Crippen LogP contribution is 2.24. The van der Waals surface area contributed by atoms with Gasteiger partial charge in [0.1, 0.15) is 10.7 Å². The van der Waals surface area contributed by atoms with E-state index in [1.165, 1.54) is 7.11 Å². The Hall–Kier alpha value is -1.51. The minimum Gasteiger partial charge on any atom is -0.353 e. The van der Waals surface area contributed by atoms with E-state index >= 15 is 0 Å². The second kappa shape index (κ2) is 5.47. The largest absolute Gasteiger partial charge is 0.369 e. The van der Waals surface area contributed by atoms with E-state index in [1.807, 2.05) is 0 Å². The first-order chi connectivity index (χ1) is 9.39. The Balaban J connectivity index is 2.20. The minimum atomic E-state index is -4.30. The normalized spacial score (nSPS) is 22.7. The van der Waals surface area contributed by atoms with Crippen LogP contribution in [0.1, 0.15) is 12.8 Å². The van der Waals surface area contributed by atoms with E-state index in [4.69, 9.17) is 4.74 Å². The van der Waals surface area contributed by atoms with Crippen molar-refractivity contribution in [3.8, 4) is 0 Å². The summed E-state index contributed by atoms with van der Waals surface area (Å²) >= 11 is 0. The number of benzene rings is 1. The third kappa shape index (κ3) is 2.82. The van der Waals surface area contributed by atoms with Gasteiger partial charge in [-0.15, -0.1) is 0 Å². The molecule has 1 unspecified atom stereocenters. The lowest BCUT2D eigenvalue weighted by atomic mass is 10.2. The fourth-order valence-corrected chi connectivity index (χ4v) is 2.86. The fourth-order valence-electron chi connectivity index (χ4n) is 1.96. The number of carbonyl (C=O) groups excluding carboxylic acids is 1. The number of hydrogen-bond donors (Lipinski definition) is 1. The number of methoxy groups -OCH3 is 1. The summed E-state index contributed by atoms with van der Waals surface area (Å²) in [5.74, 6) is -1.61. The molecule has 1 aliphatic heterocycles. The van der Waals surface area contributed by atoms with E-state index in [0.29, 0.717) is 19.4 Å². The third-order valence-electron chi connectivity index (χ3n) is 3.08. The van der Waals surface area contributed by atoms with Crippen LogP contribution in [-0.2, 0) is 23.8 Å². The van der Waals surface area contributed by atoms with Crippen LogP contribution in [0.25, 0.3) is 0 Å². The maximum absolute atomic E-state index is 12.8. The number of nitrogens with one attached hydrogen (secondary N) is 1. The number of halogens is 1. The van der Waals surface area contributed by atoms with Crippen LogP contribution >= 0.6 is 0 Å². The summed E-state index contributed by atoms with van der Waals surface area (Å²) in [6, 6.07) is 4.00. The van der Waals surface area contributed by atoms with Gasteiger partial charge in [0.15, 0.2) is 0 Å². The van der Waals surface area contributed by atoms with Gasteiger partial charge in [0.2, 0.25) is 5.72 Å². The second-order valence-corrected chi connectivity index (χ2v) is 5.89. The van der Waals surface area contributed by atoms with Crippen LogP contribution in [0.15, 0.2) is 29.2 Å². The topological polar surface area (TPSA) is 81.7 Å². The van der Waals surface area contributed by atoms with Crippen LogP contribution in [-0.4, -0.2) is 33.8 Å². The Labute approximate surface area is 116 Å². The summed E-state index contributed by atoms with van der Waals surface area (Å²) in [6.07, 6.45) is 0.987. The summed E-state index contributed by atoms with van der Waals surface area (Å²) in [4.78, 5) is 11.7. The van der Waals surface area contributed by atoms with E-state index in [-0.39, 0.29) is 4.90 Å². The van der Waals surface area contributed by atoms with Crippen molar-refractivity contribution in [1.82, 2.24) is 5.32 Å². The van der Waals surface area contributed by atoms with Gasteiger partial charge in [-0.3, -0.25) is 5.32 Å². The Morgan fingerprint density at radius 3 is 2.50 bits per heavy atom. The van der Waals surface area contributed by atoms with Gasteiger partial charge in [-0.2, -0.15) is 8.42 Å². The molecule has 0 amide bonds. The maximum Gasteiger partial charge on any atom is 0.369 e. The van der Waals surface area contributed by atoms with Crippen LogP contribution in [0, 0.1) is 5.82 Å². The molecule has 0 radical (unpaired) electrons. The number of rotatable bonds is 4. The molecular weight excluding hydrogens is 289 g/mol. The number of ether oxygens (including phenoxy) is 1. The number of hydrogen-bond acceptors (Lipinski definition) is 6. The summed E-state index contributed by atoms with van der Waals surface area (Å²) in [5, 5.41) is 2.78. The molecule has 0 aromatic heterocycles. The van der Waals surface area contributed by atoms with Crippen molar-refractivity contribution < 1.29 is 26.5 Å². The van der Waals surface area contributed by atoms with Crippen molar-refractivity contribution in [3.05, 3.63) is 30.1 Å². The Bertz CT molecular complexity index is 593. The summed E-state index contributed by atoms with van der Waals surface area (Å²) in [5.41, 5.74) is -1.44. The highest BCUT2D eigenvalue weighted by atomic mass is 32.2. The molecule has 1 fully saturated rings. The SMILES string of the molecule is COC1(C(=O)OS(=O)(=O)c2ccc(F)cc2)CCCN1. The quantitative estimate of drug-likeness (QED) is 0.828. The molecule has 0 spiro atoms. The van der Waals surface area contributed by atoms with Gasteiger partial charge in [0.05, 0.1) is 0 Å². The molecule has 2 rings (SSSR count). The van der Waals surface area contributed by atoms with Crippen molar-refractivity contribution in [3.63, 3.8) is 0 Å². The van der Waals surface area contributed by atoms with Crippen molar-refractivity contribution in [2.24, 2.45) is 0 Å². The van der Waals surface area contributed by atoms with Gasteiger partial charge >= 0.3 is 16.1 Å². The molecule has 110 valence electrons. The molecule has 1 aliphatic rings. The van der Waals surface area contributed by atoms with Crippen LogP contribution in [0.2, 0.25) is 0 Å². The molecule has 0 aliphatic carbocycles. The Kier molecular flexibility index (Phi) is 4.07. The van der Waals surface area contributed by atoms with Gasteiger partial charge in [-0.05, 0) is 37.2 Å². The van der Waals surface area contributed by atoms with Gasteiger partial charge in [0.25, 0.3) is 0 Å². The van der Waals surface area contributed by atoms with Gasteiger partial charge in [-0.1, -0.05) is 0 Å². The van der Waals surface area contributed by atoms with Crippen LogP contribution in [0.5, 0.6) is 0 Å². The maximum atomic E-state index is 12.8. The molecule has 1 aromatic rings. The fraction of sp³-hybridized carbons (Fsp3) is 0.417. The van der Waals surface area contributed by atoms with Crippen LogP contribution in [0.4, 0.5) is 4.39 Å². The van der Waals surface area contributed by atoms with Crippen molar-refractivity contribution in [2.75, 3.05) is 13.7 Å². The lowest BCUT2D eigenvalue weighted by Gasteiger charge is -2.24. The third-order valence-corrected chi connectivity index (χ3v) is 4.30. The van der Waals surface area contributed by atoms with Crippen LogP contribution < -0.4 is 5.32 Å². The molecule has 6 nitrogen and oxygen atoms in total. The van der Waals surface area contributed by atoms with Gasteiger partial charge in [0, 0.05) is 13.5 Å². The van der Waals surface area contributed by atoms with E-state index in [1.54, 1.807) is 0 Å². The van der Waals surface area contributed by atoms with Crippen molar-refractivity contribution in [1.29, 1.82) is 0 Å². The highest BCUT2D eigenvalue weighted by Gasteiger charge is 2.45. The smallest absolute Gasteiger partial charge is 0.353 e. The average molecular weight is 303 g/mol. The first-order valence-electron chi connectivity index (χ1n) is 5.94. The lowest BCUT2D eigenvalue weighted by Crippen LogP contribution is -2.50. The predicted octanol–water partition coefficient (Wildman–Crippen LogP) is 0.784.